The second kappa shape index (κ2) is 7.39. The summed E-state index contributed by atoms with van der Waals surface area (Å²) in [5, 5.41) is 19.3. The molecule has 1 aromatic carbocycles. The highest BCUT2D eigenvalue weighted by atomic mass is 19.1. The molecule has 3 rings (SSSR count). The summed E-state index contributed by atoms with van der Waals surface area (Å²) in [6.45, 7) is 3.70. The second-order valence-corrected chi connectivity index (χ2v) is 5.87. The van der Waals surface area contributed by atoms with Crippen molar-refractivity contribution >= 4 is 5.82 Å². The average Bonchev–Trinajstić information content (AvgIpc) is 2.63. The minimum Gasteiger partial charge on any atom is -0.387 e. The number of rotatable bonds is 4. The first-order chi connectivity index (χ1) is 11.7. The molecule has 0 unspecified atom stereocenters. The third-order valence-corrected chi connectivity index (χ3v) is 4.26. The van der Waals surface area contributed by atoms with E-state index in [1.54, 1.807) is 30.5 Å². The molecule has 0 bridgehead atoms. The average molecular weight is 326 g/mol. The van der Waals surface area contributed by atoms with Crippen LogP contribution in [0, 0.1) is 17.1 Å². The summed E-state index contributed by atoms with van der Waals surface area (Å²) >= 11 is 0. The molecule has 0 spiro atoms. The minimum absolute atomic E-state index is 0.299. The zero-order valence-electron chi connectivity index (χ0n) is 13.3. The predicted molar refractivity (Wildman–Crippen MR) is 89.0 cm³/mol. The zero-order valence-corrected chi connectivity index (χ0v) is 13.3. The summed E-state index contributed by atoms with van der Waals surface area (Å²) in [5.74, 6) is 0.513. The van der Waals surface area contributed by atoms with E-state index in [4.69, 9.17) is 5.26 Å². The van der Waals surface area contributed by atoms with Gasteiger partial charge in [-0.05, 0) is 29.8 Å². The molecule has 1 aliphatic rings. The Morgan fingerprint density at radius 2 is 1.88 bits per heavy atom. The number of hydrogen-bond donors (Lipinski definition) is 1. The number of aliphatic hydroxyl groups is 1. The van der Waals surface area contributed by atoms with Crippen LogP contribution >= 0.6 is 0 Å². The van der Waals surface area contributed by atoms with Crippen LogP contribution in [0.3, 0.4) is 0 Å². The highest BCUT2D eigenvalue weighted by molar-refractivity contribution is 5.45. The molecule has 124 valence electrons. The van der Waals surface area contributed by atoms with E-state index in [0.717, 1.165) is 37.6 Å². The summed E-state index contributed by atoms with van der Waals surface area (Å²) in [6.07, 6.45) is 1.02. The molecule has 0 aliphatic carbocycles. The maximum absolute atomic E-state index is 12.9. The van der Waals surface area contributed by atoms with Crippen LogP contribution in [-0.4, -0.2) is 47.7 Å². The number of benzene rings is 1. The molecule has 1 aliphatic heterocycles. The van der Waals surface area contributed by atoms with Gasteiger partial charge < -0.3 is 10.0 Å². The predicted octanol–water partition coefficient (Wildman–Crippen LogP) is 1.95. The molecule has 0 amide bonds. The number of nitriles is 1. The molecule has 0 saturated carbocycles. The van der Waals surface area contributed by atoms with Crippen LogP contribution in [0.1, 0.15) is 17.2 Å². The van der Waals surface area contributed by atoms with Crippen LogP contribution in [0.25, 0.3) is 0 Å². The largest absolute Gasteiger partial charge is 0.387 e. The van der Waals surface area contributed by atoms with Gasteiger partial charge in [0.15, 0.2) is 0 Å². The van der Waals surface area contributed by atoms with Crippen molar-refractivity contribution in [2.24, 2.45) is 0 Å². The fourth-order valence-corrected chi connectivity index (χ4v) is 2.86. The smallest absolute Gasteiger partial charge is 0.129 e. The van der Waals surface area contributed by atoms with Crippen molar-refractivity contribution in [2.45, 2.75) is 6.10 Å². The molecule has 2 heterocycles. The molecule has 1 N–H and O–H groups in total. The van der Waals surface area contributed by atoms with Crippen molar-refractivity contribution in [1.29, 1.82) is 5.26 Å². The van der Waals surface area contributed by atoms with Crippen LogP contribution in [0.2, 0.25) is 0 Å². The van der Waals surface area contributed by atoms with Crippen molar-refractivity contribution in [2.75, 3.05) is 37.6 Å². The fourth-order valence-electron chi connectivity index (χ4n) is 2.86. The monoisotopic (exact) mass is 326 g/mol. The molecule has 2 aromatic rings. The normalized spacial score (nSPS) is 16.6. The van der Waals surface area contributed by atoms with E-state index >= 15 is 0 Å². The van der Waals surface area contributed by atoms with Crippen LogP contribution < -0.4 is 4.90 Å². The molecule has 24 heavy (non-hydrogen) atoms. The van der Waals surface area contributed by atoms with Gasteiger partial charge in [0, 0.05) is 38.9 Å². The minimum atomic E-state index is -0.628. The van der Waals surface area contributed by atoms with Gasteiger partial charge in [-0.2, -0.15) is 5.26 Å². The SMILES string of the molecule is N#Cc1ccnc(N2CCN(C[C@H](O)c3ccc(F)cc3)CC2)c1. The van der Waals surface area contributed by atoms with Crippen LogP contribution in [0.4, 0.5) is 10.2 Å². The van der Waals surface area contributed by atoms with Gasteiger partial charge in [0.05, 0.1) is 17.7 Å². The molecule has 0 radical (unpaired) electrons. The second-order valence-electron chi connectivity index (χ2n) is 5.87. The van der Waals surface area contributed by atoms with Gasteiger partial charge in [-0.15, -0.1) is 0 Å². The Morgan fingerprint density at radius 3 is 2.54 bits per heavy atom. The van der Waals surface area contributed by atoms with Gasteiger partial charge in [-0.25, -0.2) is 9.37 Å². The summed E-state index contributed by atoms with van der Waals surface area (Å²) < 4.78 is 12.9. The summed E-state index contributed by atoms with van der Waals surface area (Å²) in [6, 6.07) is 11.6. The Hall–Kier alpha value is -2.49. The van der Waals surface area contributed by atoms with Crippen LogP contribution in [0.5, 0.6) is 0 Å². The lowest BCUT2D eigenvalue weighted by molar-refractivity contribution is 0.109. The highest BCUT2D eigenvalue weighted by Gasteiger charge is 2.21. The Balaban J connectivity index is 1.55. The van der Waals surface area contributed by atoms with E-state index < -0.39 is 6.10 Å². The first-order valence-electron chi connectivity index (χ1n) is 7.92. The fraction of sp³-hybridized carbons (Fsp3) is 0.333. The topological polar surface area (TPSA) is 63.4 Å². The van der Waals surface area contributed by atoms with Gasteiger partial charge in [-0.1, -0.05) is 12.1 Å². The number of β-amino-alcohol motifs (C(OH)–C–C–N with tert-alkyl or cyclic N) is 1. The third-order valence-electron chi connectivity index (χ3n) is 4.26. The van der Waals surface area contributed by atoms with Gasteiger partial charge in [0.2, 0.25) is 0 Å². The third kappa shape index (κ3) is 3.88. The number of aromatic nitrogens is 1. The standard InChI is InChI=1S/C18H19FN4O/c19-16-3-1-15(2-4-16)17(24)13-22-7-9-23(10-8-22)18-11-14(12-20)5-6-21-18/h1-6,11,17,24H,7-10,13H2/t17-/m0/s1. The zero-order chi connectivity index (χ0) is 16.9. The molecular formula is C18H19FN4O. The van der Waals surface area contributed by atoms with Gasteiger partial charge >= 0.3 is 0 Å². The van der Waals surface area contributed by atoms with Crippen LogP contribution in [0.15, 0.2) is 42.6 Å². The quantitative estimate of drug-likeness (QED) is 0.930. The number of halogens is 1. The Kier molecular flexibility index (Phi) is 5.04. The highest BCUT2D eigenvalue weighted by Crippen LogP contribution is 2.18. The van der Waals surface area contributed by atoms with Crippen molar-refractivity contribution in [3.63, 3.8) is 0 Å². The number of pyridine rings is 1. The van der Waals surface area contributed by atoms with Crippen LogP contribution in [-0.2, 0) is 0 Å². The van der Waals surface area contributed by atoms with E-state index in [0.29, 0.717) is 12.1 Å². The molecule has 1 aromatic heterocycles. The van der Waals surface area contributed by atoms with E-state index in [-0.39, 0.29) is 5.82 Å². The van der Waals surface area contributed by atoms with E-state index in [1.165, 1.54) is 12.1 Å². The first-order valence-corrected chi connectivity index (χ1v) is 7.92. The summed E-state index contributed by atoms with van der Waals surface area (Å²) in [5.41, 5.74) is 1.33. The van der Waals surface area contributed by atoms with Gasteiger partial charge in [0.25, 0.3) is 0 Å². The summed E-state index contributed by atoms with van der Waals surface area (Å²) in [4.78, 5) is 8.64. The maximum Gasteiger partial charge on any atom is 0.129 e. The number of aliphatic hydroxyl groups excluding tert-OH is 1. The van der Waals surface area contributed by atoms with Gasteiger partial charge in [-0.3, -0.25) is 4.90 Å². The molecule has 1 fully saturated rings. The van der Waals surface area contributed by atoms with Crippen molar-refractivity contribution in [1.82, 2.24) is 9.88 Å². The number of piperazine rings is 1. The Labute approximate surface area is 140 Å². The Morgan fingerprint density at radius 1 is 1.17 bits per heavy atom. The molecule has 5 nitrogen and oxygen atoms in total. The van der Waals surface area contributed by atoms with Crippen molar-refractivity contribution in [3.05, 3.63) is 59.5 Å². The van der Waals surface area contributed by atoms with E-state index in [9.17, 15) is 9.50 Å². The lowest BCUT2D eigenvalue weighted by atomic mass is 10.1. The van der Waals surface area contributed by atoms with E-state index in [1.807, 2.05) is 0 Å². The molecule has 1 atom stereocenters. The first kappa shape index (κ1) is 16.4. The van der Waals surface area contributed by atoms with Gasteiger partial charge in [0.1, 0.15) is 11.6 Å². The molecule has 6 heteroatoms. The molecular weight excluding hydrogens is 307 g/mol. The number of nitrogens with zero attached hydrogens (tertiary/aromatic N) is 4. The molecule has 1 saturated heterocycles. The lowest BCUT2D eigenvalue weighted by Gasteiger charge is -2.36. The number of hydrogen-bond acceptors (Lipinski definition) is 5. The lowest BCUT2D eigenvalue weighted by Crippen LogP contribution is -2.47. The Bertz CT molecular complexity index is 721. The van der Waals surface area contributed by atoms with Crippen molar-refractivity contribution in [3.8, 4) is 6.07 Å². The van der Waals surface area contributed by atoms with E-state index in [2.05, 4.69) is 20.9 Å². The number of anilines is 1. The summed E-state index contributed by atoms with van der Waals surface area (Å²) in [7, 11) is 0. The van der Waals surface area contributed by atoms with Crippen molar-refractivity contribution < 1.29 is 9.50 Å². The maximum atomic E-state index is 12.9.